The zero-order valence-electron chi connectivity index (χ0n) is 11.4. The minimum absolute atomic E-state index is 0.165. The molecule has 1 aromatic rings. The molecule has 0 aliphatic carbocycles. The standard InChI is InChI=1S/C13H24N4O/c1-3-15-13(2,11-18)4-6-16-8-9-17-7-5-14-12(17)10-16/h5,7,15,18H,3-4,6,8-11H2,1-2H3. The highest BCUT2D eigenvalue weighted by Crippen LogP contribution is 2.14. The SMILES string of the molecule is CCNC(C)(CO)CCN1CCn2ccnc2C1. The monoisotopic (exact) mass is 252 g/mol. The van der Waals surface area contributed by atoms with Gasteiger partial charge in [-0.3, -0.25) is 4.90 Å². The van der Waals surface area contributed by atoms with E-state index in [4.69, 9.17) is 0 Å². The Morgan fingerprint density at radius 2 is 2.33 bits per heavy atom. The van der Waals surface area contributed by atoms with Crippen LogP contribution in [0.25, 0.3) is 0 Å². The maximum Gasteiger partial charge on any atom is 0.122 e. The first-order valence-corrected chi connectivity index (χ1v) is 6.75. The Hall–Kier alpha value is -0.910. The summed E-state index contributed by atoms with van der Waals surface area (Å²) in [5.41, 5.74) is -0.165. The molecule has 5 nitrogen and oxygen atoms in total. The average molecular weight is 252 g/mol. The first-order chi connectivity index (χ1) is 8.67. The fourth-order valence-electron chi connectivity index (χ4n) is 2.47. The molecular formula is C13H24N4O. The molecule has 0 fully saturated rings. The largest absolute Gasteiger partial charge is 0.394 e. The van der Waals surface area contributed by atoms with Gasteiger partial charge in [-0.15, -0.1) is 0 Å². The number of imidazole rings is 1. The molecular weight excluding hydrogens is 228 g/mol. The van der Waals surface area contributed by atoms with Crippen molar-refractivity contribution in [2.45, 2.75) is 38.9 Å². The quantitative estimate of drug-likeness (QED) is 0.772. The average Bonchev–Trinajstić information content (AvgIpc) is 2.84. The van der Waals surface area contributed by atoms with Gasteiger partial charge in [-0.2, -0.15) is 0 Å². The molecule has 0 saturated carbocycles. The molecule has 0 spiro atoms. The molecule has 1 aromatic heterocycles. The van der Waals surface area contributed by atoms with Crippen LogP contribution in [-0.4, -0.2) is 51.3 Å². The summed E-state index contributed by atoms with van der Waals surface area (Å²) in [5.74, 6) is 1.15. The van der Waals surface area contributed by atoms with E-state index in [9.17, 15) is 5.11 Å². The van der Waals surface area contributed by atoms with Gasteiger partial charge < -0.3 is 15.0 Å². The van der Waals surface area contributed by atoms with Gasteiger partial charge in [0.1, 0.15) is 5.82 Å². The molecule has 2 heterocycles. The molecule has 0 bridgehead atoms. The van der Waals surface area contributed by atoms with Gasteiger partial charge in [0, 0.05) is 37.6 Å². The summed E-state index contributed by atoms with van der Waals surface area (Å²) in [4.78, 5) is 6.77. The highest BCUT2D eigenvalue weighted by Gasteiger charge is 2.24. The zero-order valence-corrected chi connectivity index (χ0v) is 11.4. The molecule has 1 unspecified atom stereocenters. The van der Waals surface area contributed by atoms with Crippen molar-refractivity contribution in [3.05, 3.63) is 18.2 Å². The number of aliphatic hydroxyl groups excluding tert-OH is 1. The number of nitrogens with zero attached hydrogens (tertiary/aromatic N) is 3. The predicted octanol–water partition coefficient (Wildman–Crippen LogP) is 0.449. The van der Waals surface area contributed by atoms with E-state index in [-0.39, 0.29) is 12.1 Å². The van der Waals surface area contributed by atoms with Gasteiger partial charge in [-0.05, 0) is 19.9 Å². The van der Waals surface area contributed by atoms with Crippen molar-refractivity contribution in [1.82, 2.24) is 19.8 Å². The van der Waals surface area contributed by atoms with E-state index in [1.807, 2.05) is 12.4 Å². The smallest absolute Gasteiger partial charge is 0.122 e. The third-order valence-corrected chi connectivity index (χ3v) is 3.76. The van der Waals surface area contributed by atoms with Gasteiger partial charge >= 0.3 is 0 Å². The number of rotatable bonds is 6. The van der Waals surface area contributed by atoms with Crippen LogP contribution in [0, 0.1) is 0 Å². The molecule has 0 aromatic carbocycles. The Morgan fingerprint density at radius 3 is 3.06 bits per heavy atom. The van der Waals surface area contributed by atoms with Gasteiger partial charge in [0.25, 0.3) is 0 Å². The van der Waals surface area contributed by atoms with Crippen molar-refractivity contribution in [3.8, 4) is 0 Å². The van der Waals surface area contributed by atoms with Gasteiger partial charge in [-0.1, -0.05) is 6.92 Å². The normalized spacial score (nSPS) is 19.5. The first-order valence-electron chi connectivity index (χ1n) is 6.75. The molecule has 2 N–H and O–H groups in total. The van der Waals surface area contributed by atoms with E-state index in [1.165, 1.54) is 0 Å². The van der Waals surface area contributed by atoms with Crippen LogP contribution in [0.15, 0.2) is 12.4 Å². The molecule has 1 atom stereocenters. The highest BCUT2D eigenvalue weighted by molar-refractivity contribution is 4.96. The van der Waals surface area contributed by atoms with Crippen molar-refractivity contribution in [1.29, 1.82) is 0 Å². The molecule has 0 amide bonds. The number of hydrogen-bond donors (Lipinski definition) is 2. The third kappa shape index (κ3) is 3.10. The fraction of sp³-hybridized carbons (Fsp3) is 0.769. The zero-order chi connectivity index (χ0) is 13.0. The Morgan fingerprint density at radius 1 is 1.50 bits per heavy atom. The van der Waals surface area contributed by atoms with Crippen molar-refractivity contribution in [2.24, 2.45) is 0 Å². The van der Waals surface area contributed by atoms with Gasteiger partial charge in [0.2, 0.25) is 0 Å². The molecule has 0 radical (unpaired) electrons. The fourth-order valence-corrected chi connectivity index (χ4v) is 2.47. The second-order valence-electron chi connectivity index (χ2n) is 5.31. The second-order valence-corrected chi connectivity index (χ2v) is 5.31. The van der Waals surface area contributed by atoms with Crippen LogP contribution in [0.2, 0.25) is 0 Å². The van der Waals surface area contributed by atoms with E-state index < -0.39 is 0 Å². The van der Waals surface area contributed by atoms with Crippen molar-refractivity contribution < 1.29 is 5.11 Å². The highest BCUT2D eigenvalue weighted by atomic mass is 16.3. The summed E-state index contributed by atoms with van der Waals surface area (Å²) in [7, 11) is 0. The maximum atomic E-state index is 9.47. The number of aliphatic hydroxyl groups is 1. The Labute approximate surface area is 109 Å². The molecule has 2 rings (SSSR count). The van der Waals surface area contributed by atoms with Gasteiger partial charge in [0.15, 0.2) is 0 Å². The van der Waals surface area contributed by atoms with Crippen molar-refractivity contribution in [2.75, 3.05) is 26.2 Å². The van der Waals surface area contributed by atoms with Crippen molar-refractivity contribution >= 4 is 0 Å². The summed E-state index contributed by atoms with van der Waals surface area (Å²) >= 11 is 0. The number of nitrogens with one attached hydrogen (secondary N) is 1. The van der Waals surface area contributed by atoms with Crippen LogP contribution < -0.4 is 5.32 Å². The van der Waals surface area contributed by atoms with E-state index in [0.717, 1.165) is 45.0 Å². The lowest BCUT2D eigenvalue weighted by Crippen LogP contribution is -2.48. The van der Waals surface area contributed by atoms with Crippen LogP contribution in [0.5, 0.6) is 0 Å². The molecule has 1 aliphatic rings. The predicted molar refractivity (Wildman–Crippen MR) is 71.3 cm³/mol. The second kappa shape index (κ2) is 5.82. The lowest BCUT2D eigenvalue weighted by Gasteiger charge is -2.33. The molecule has 1 aliphatic heterocycles. The van der Waals surface area contributed by atoms with Crippen LogP contribution in [0.4, 0.5) is 0 Å². The van der Waals surface area contributed by atoms with E-state index in [0.29, 0.717) is 0 Å². The molecule has 18 heavy (non-hydrogen) atoms. The lowest BCUT2D eigenvalue weighted by molar-refractivity contribution is 0.136. The van der Waals surface area contributed by atoms with Gasteiger partial charge in [0.05, 0.1) is 13.2 Å². The molecule has 102 valence electrons. The van der Waals surface area contributed by atoms with E-state index >= 15 is 0 Å². The Bertz CT molecular complexity index is 379. The minimum atomic E-state index is -0.165. The minimum Gasteiger partial charge on any atom is -0.394 e. The summed E-state index contributed by atoms with van der Waals surface area (Å²) in [6.07, 6.45) is 4.87. The van der Waals surface area contributed by atoms with Crippen molar-refractivity contribution in [3.63, 3.8) is 0 Å². The summed E-state index contributed by atoms with van der Waals surface area (Å²) < 4.78 is 2.21. The van der Waals surface area contributed by atoms with Crippen LogP contribution in [0.1, 0.15) is 26.1 Å². The molecule has 0 saturated heterocycles. The first kappa shape index (κ1) is 13.5. The molecule has 5 heteroatoms. The number of likely N-dealkylation sites (N-methyl/N-ethyl adjacent to an activating group) is 1. The number of hydrogen-bond acceptors (Lipinski definition) is 4. The topological polar surface area (TPSA) is 53.3 Å². The van der Waals surface area contributed by atoms with E-state index in [1.54, 1.807) is 0 Å². The van der Waals surface area contributed by atoms with Gasteiger partial charge in [-0.25, -0.2) is 4.98 Å². The lowest BCUT2D eigenvalue weighted by atomic mass is 9.98. The summed E-state index contributed by atoms with van der Waals surface area (Å²) in [6.45, 7) is 9.23. The van der Waals surface area contributed by atoms with Crippen LogP contribution >= 0.6 is 0 Å². The summed E-state index contributed by atoms with van der Waals surface area (Å²) in [5, 5.41) is 12.8. The Kier molecular flexibility index (Phi) is 4.37. The van der Waals surface area contributed by atoms with E-state index in [2.05, 4.69) is 33.6 Å². The van der Waals surface area contributed by atoms with Crippen LogP contribution in [0.3, 0.4) is 0 Å². The number of aromatic nitrogens is 2. The number of fused-ring (bicyclic) bond motifs is 1. The van der Waals surface area contributed by atoms with Crippen LogP contribution in [-0.2, 0) is 13.1 Å². The third-order valence-electron chi connectivity index (χ3n) is 3.76. The maximum absolute atomic E-state index is 9.47. The Balaban J connectivity index is 1.84. The summed E-state index contributed by atoms with van der Waals surface area (Å²) in [6, 6.07) is 0.